The van der Waals surface area contributed by atoms with Gasteiger partial charge in [-0.15, -0.1) is 0 Å². The SMILES string of the molecule is CN1CCC(N(C)c2ncnc(N3CCOCC3)n2)CC1.Nc1cc(Cl)c2nc(C(F)F)n(-c3nc(N4CCOCC4)nc(N4CCCC4CO)n3)c2c1. The quantitative estimate of drug-likeness (QED) is 0.250. The maximum absolute atomic E-state index is 14.1. The summed E-state index contributed by atoms with van der Waals surface area (Å²) in [6, 6.07) is 3.34. The van der Waals surface area contributed by atoms with Crippen molar-refractivity contribution < 1.29 is 23.4 Å². The number of ether oxygens (including phenoxy) is 2. The molecule has 0 radical (unpaired) electrons. The second-order valence-corrected chi connectivity index (χ2v) is 14.2. The van der Waals surface area contributed by atoms with Gasteiger partial charge in [-0.05, 0) is 58.0 Å². The van der Waals surface area contributed by atoms with Gasteiger partial charge in [-0.2, -0.15) is 19.9 Å². The van der Waals surface area contributed by atoms with Gasteiger partial charge in [0.15, 0.2) is 5.82 Å². The van der Waals surface area contributed by atoms with Crippen LogP contribution in [-0.4, -0.2) is 154 Å². The first kappa shape index (κ1) is 38.0. The van der Waals surface area contributed by atoms with Crippen molar-refractivity contribution in [3.63, 3.8) is 0 Å². The number of nitrogen functional groups attached to an aromatic ring is 1. The average molecular weight is 773 g/mol. The van der Waals surface area contributed by atoms with Gasteiger partial charge in [0.25, 0.3) is 6.43 Å². The summed E-state index contributed by atoms with van der Waals surface area (Å²) < 4.78 is 40.1. The summed E-state index contributed by atoms with van der Waals surface area (Å²) in [6.07, 6.45) is 2.68. The highest BCUT2D eigenvalue weighted by Crippen LogP contribution is 2.34. The van der Waals surface area contributed by atoms with Crippen LogP contribution in [0.3, 0.4) is 0 Å². The molecule has 4 aliphatic heterocycles. The van der Waals surface area contributed by atoms with Gasteiger partial charge in [0.05, 0.1) is 49.6 Å². The first-order chi connectivity index (χ1) is 26.2. The summed E-state index contributed by atoms with van der Waals surface area (Å²) in [5.41, 5.74) is 6.71. The van der Waals surface area contributed by atoms with Gasteiger partial charge in [-0.3, -0.25) is 4.57 Å². The van der Waals surface area contributed by atoms with Crippen molar-refractivity contribution in [2.45, 2.75) is 44.2 Å². The van der Waals surface area contributed by atoms with E-state index in [4.69, 9.17) is 26.8 Å². The Bertz CT molecular complexity index is 1870. The number of benzene rings is 1. The number of hydrogen-bond acceptors (Lipinski definition) is 16. The third-order valence-electron chi connectivity index (χ3n) is 10.3. The van der Waals surface area contributed by atoms with Gasteiger partial charge >= 0.3 is 0 Å². The number of alkyl halides is 2. The molecule has 4 saturated heterocycles. The molecule has 0 saturated carbocycles. The summed E-state index contributed by atoms with van der Waals surface area (Å²) in [5.74, 6) is 1.66. The fraction of sp³-hybridized carbons (Fsp3) is 0.618. The second-order valence-electron chi connectivity index (χ2n) is 13.8. The molecule has 17 nitrogen and oxygen atoms in total. The summed E-state index contributed by atoms with van der Waals surface area (Å²) in [6.45, 7) is 8.14. The van der Waals surface area contributed by atoms with E-state index in [1.807, 2.05) is 9.80 Å². The lowest BCUT2D eigenvalue weighted by Crippen LogP contribution is -2.43. The molecule has 3 N–H and O–H groups in total. The van der Waals surface area contributed by atoms with Gasteiger partial charge in [0.1, 0.15) is 11.8 Å². The number of piperidine rings is 1. The molecule has 7 heterocycles. The minimum Gasteiger partial charge on any atom is -0.399 e. The number of morpholine rings is 2. The minimum absolute atomic E-state index is 0.00968. The lowest BCUT2D eigenvalue weighted by atomic mass is 10.0. The molecular formula is C34H47ClF2N14O3. The van der Waals surface area contributed by atoms with E-state index in [1.165, 1.54) is 16.7 Å². The van der Waals surface area contributed by atoms with Crippen molar-refractivity contribution in [1.82, 2.24) is 44.4 Å². The molecular weight excluding hydrogens is 726 g/mol. The number of nitrogens with zero attached hydrogens (tertiary/aromatic N) is 13. The molecule has 292 valence electrons. The molecule has 0 bridgehead atoms. The maximum Gasteiger partial charge on any atom is 0.296 e. The normalized spacial score (nSPS) is 20.1. The van der Waals surface area contributed by atoms with Gasteiger partial charge in [0, 0.05) is 51.5 Å². The summed E-state index contributed by atoms with van der Waals surface area (Å²) in [4.78, 5) is 41.7. The van der Waals surface area contributed by atoms with E-state index in [0.29, 0.717) is 56.5 Å². The minimum atomic E-state index is -2.90. The Labute approximate surface area is 317 Å². The highest BCUT2D eigenvalue weighted by Gasteiger charge is 2.31. The number of fused-ring (bicyclic) bond motifs is 1. The summed E-state index contributed by atoms with van der Waals surface area (Å²) >= 11 is 6.25. The number of nitrogens with two attached hydrogens (primary N) is 1. The number of anilines is 5. The zero-order valence-corrected chi connectivity index (χ0v) is 31.3. The summed E-state index contributed by atoms with van der Waals surface area (Å²) in [7, 11) is 4.27. The van der Waals surface area contributed by atoms with E-state index in [9.17, 15) is 13.9 Å². The van der Waals surface area contributed by atoms with E-state index in [1.54, 1.807) is 6.33 Å². The topological polar surface area (TPSA) is 176 Å². The van der Waals surface area contributed by atoms with Crippen LogP contribution in [0.15, 0.2) is 18.5 Å². The molecule has 4 fully saturated rings. The second kappa shape index (κ2) is 17.0. The van der Waals surface area contributed by atoms with Gasteiger partial charge < -0.3 is 44.8 Å². The van der Waals surface area contributed by atoms with Crippen molar-refractivity contribution in [3.05, 3.63) is 29.3 Å². The molecule has 1 unspecified atom stereocenters. The van der Waals surface area contributed by atoms with Crippen LogP contribution in [0.5, 0.6) is 0 Å². The molecule has 20 heteroatoms. The lowest BCUT2D eigenvalue weighted by molar-refractivity contribution is 0.122. The molecule has 1 aromatic carbocycles. The standard InChI is InChI=1S/C20H23ClF2N8O2.C14H24N6O/c21-13-8-11(24)9-14-15(13)25-17(16(22)23)31(14)20-27-18(29-4-6-33-7-5-29)26-19(28-20)30-3-1-2-12(30)10-32;1-18-5-3-12(4-6-18)19(2)13-15-11-16-14(17-13)20-7-9-21-10-8-20/h8-9,12,16,32H,1-7,10,24H2;11-12H,3-10H2,1-2H3. The Morgan fingerprint density at radius 3 is 2.17 bits per heavy atom. The van der Waals surface area contributed by atoms with E-state index in [-0.39, 0.29) is 34.7 Å². The Balaban J connectivity index is 0.000000184. The largest absolute Gasteiger partial charge is 0.399 e. The van der Waals surface area contributed by atoms with Crippen LogP contribution in [0, 0.1) is 0 Å². The number of imidazole rings is 1. The Hall–Kier alpha value is -4.30. The summed E-state index contributed by atoms with van der Waals surface area (Å²) in [5, 5.41) is 9.97. The monoisotopic (exact) mass is 772 g/mol. The number of aromatic nitrogens is 8. The molecule has 4 aliphatic rings. The molecule has 3 aromatic heterocycles. The Kier molecular flexibility index (Phi) is 12.0. The van der Waals surface area contributed by atoms with Gasteiger partial charge in [0.2, 0.25) is 29.7 Å². The van der Waals surface area contributed by atoms with E-state index in [2.05, 4.69) is 63.7 Å². The number of likely N-dealkylation sites (tertiary alicyclic amines) is 1. The van der Waals surface area contributed by atoms with E-state index < -0.39 is 12.2 Å². The van der Waals surface area contributed by atoms with E-state index in [0.717, 1.165) is 77.0 Å². The fourth-order valence-corrected chi connectivity index (χ4v) is 7.47. The third-order valence-corrected chi connectivity index (χ3v) is 10.6. The average Bonchev–Trinajstić information content (AvgIpc) is 3.85. The fourth-order valence-electron chi connectivity index (χ4n) is 7.21. The predicted molar refractivity (Wildman–Crippen MR) is 201 cm³/mol. The maximum atomic E-state index is 14.1. The van der Waals surface area contributed by atoms with Crippen molar-refractivity contribution in [1.29, 1.82) is 0 Å². The van der Waals surface area contributed by atoms with Crippen LogP contribution in [0.4, 0.5) is 38.3 Å². The van der Waals surface area contributed by atoms with Crippen LogP contribution < -0.4 is 25.3 Å². The third kappa shape index (κ3) is 8.34. The van der Waals surface area contributed by atoms with Gasteiger partial charge in [-0.25, -0.2) is 23.7 Å². The Morgan fingerprint density at radius 1 is 0.852 bits per heavy atom. The number of hydrogen-bond donors (Lipinski definition) is 2. The molecule has 8 rings (SSSR count). The van der Waals surface area contributed by atoms with Crippen LogP contribution >= 0.6 is 11.6 Å². The first-order valence-electron chi connectivity index (χ1n) is 18.4. The zero-order valence-electron chi connectivity index (χ0n) is 30.6. The predicted octanol–water partition coefficient (Wildman–Crippen LogP) is 2.42. The highest BCUT2D eigenvalue weighted by atomic mass is 35.5. The van der Waals surface area contributed by atoms with Crippen LogP contribution in [0.25, 0.3) is 17.0 Å². The Morgan fingerprint density at radius 2 is 1.50 bits per heavy atom. The molecule has 0 aliphatic carbocycles. The van der Waals surface area contributed by atoms with Crippen molar-refractivity contribution in [3.8, 4) is 5.95 Å². The van der Waals surface area contributed by atoms with Crippen LogP contribution in [0.1, 0.15) is 37.9 Å². The number of aliphatic hydroxyl groups is 1. The zero-order chi connectivity index (χ0) is 37.8. The lowest BCUT2D eigenvalue weighted by Gasteiger charge is -2.35. The first-order valence-corrected chi connectivity index (χ1v) is 18.7. The van der Waals surface area contributed by atoms with Crippen LogP contribution in [-0.2, 0) is 9.47 Å². The van der Waals surface area contributed by atoms with Crippen LogP contribution in [0.2, 0.25) is 5.02 Å². The number of aliphatic hydroxyl groups excluding tert-OH is 1. The molecule has 1 atom stereocenters. The van der Waals surface area contributed by atoms with Crippen molar-refractivity contribution in [2.24, 2.45) is 0 Å². The molecule has 0 amide bonds. The molecule has 4 aromatic rings. The number of halogens is 3. The number of rotatable bonds is 8. The van der Waals surface area contributed by atoms with Crippen molar-refractivity contribution in [2.75, 3.05) is 118 Å². The smallest absolute Gasteiger partial charge is 0.296 e. The van der Waals surface area contributed by atoms with Crippen molar-refractivity contribution >= 4 is 52.1 Å². The highest BCUT2D eigenvalue weighted by molar-refractivity contribution is 6.35. The van der Waals surface area contributed by atoms with Gasteiger partial charge in [-0.1, -0.05) is 11.6 Å². The van der Waals surface area contributed by atoms with E-state index >= 15 is 0 Å². The molecule has 54 heavy (non-hydrogen) atoms. The molecule has 0 spiro atoms.